The molecular weight excluding hydrogens is 631 g/mol. The summed E-state index contributed by atoms with van der Waals surface area (Å²) >= 11 is 0. The number of nitrogens with zero attached hydrogens (tertiary/aromatic N) is 1. The average Bonchev–Trinajstić information content (AvgIpc) is 3.59. The van der Waals surface area contributed by atoms with E-state index in [1.165, 1.54) is 49.4 Å². The van der Waals surface area contributed by atoms with Gasteiger partial charge in [-0.05, 0) is 85.8 Å². The second-order valence-electron chi connectivity index (χ2n) is 13.3. The highest BCUT2D eigenvalue weighted by Crippen LogP contribution is 2.46. The van der Waals surface area contributed by atoms with Crippen LogP contribution in [-0.2, 0) is 0 Å². The minimum atomic E-state index is 0.866. The predicted octanol–water partition coefficient (Wildman–Crippen LogP) is 14.4. The molecule has 0 aliphatic heterocycles. The first-order valence-corrected chi connectivity index (χ1v) is 17.8. The zero-order valence-corrected chi connectivity index (χ0v) is 28.4. The summed E-state index contributed by atoms with van der Waals surface area (Å²) in [5.41, 5.74) is 12.1. The molecule has 244 valence electrons. The van der Waals surface area contributed by atoms with Crippen LogP contribution in [0.1, 0.15) is 0 Å². The smallest absolute Gasteiger partial charge is 0.137 e. The van der Waals surface area contributed by atoms with E-state index in [9.17, 15) is 0 Å². The molecule has 52 heavy (non-hydrogen) atoms. The van der Waals surface area contributed by atoms with E-state index >= 15 is 0 Å². The Kier molecular flexibility index (Phi) is 7.18. The summed E-state index contributed by atoms with van der Waals surface area (Å²) in [5, 5.41) is 7.17. The summed E-state index contributed by atoms with van der Waals surface area (Å²) in [5.74, 6) is 0. The van der Waals surface area contributed by atoms with Crippen molar-refractivity contribution >= 4 is 60.5 Å². The molecule has 0 aliphatic carbocycles. The zero-order valence-electron chi connectivity index (χ0n) is 28.4. The summed E-state index contributed by atoms with van der Waals surface area (Å²) in [7, 11) is 0. The molecule has 0 aliphatic rings. The van der Waals surface area contributed by atoms with E-state index in [0.717, 1.165) is 44.6 Å². The number of fused-ring (bicyclic) bond motifs is 6. The Bertz CT molecular complexity index is 2920. The molecule has 10 aromatic rings. The molecule has 2 heteroatoms. The maximum Gasteiger partial charge on any atom is 0.137 e. The molecule has 1 aromatic heterocycles. The minimum Gasteiger partial charge on any atom is -0.456 e. The predicted molar refractivity (Wildman–Crippen MR) is 220 cm³/mol. The van der Waals surface area contributed by atoms with Gasteiger partial charge in [-0.1, -0.05) is 158 Å². The van der Waals surface area contributed by atoms with Crippen molar-refractivity contribution < 1.29 is 4.42 Å². The van der Waals surface area contributed by atoms with E-state index in [2.05, 4.69) is 193 Å². The molecular formula is C50H33NO. The molecule has 0 N–H and O–H groups in total. The van der Waals surface area contributed by atoms with Gasteiger partial charge in [-0.15, -0.1) is 0 Å². The summed E-state index contributed by atoms with van der Waals surface area (Å²) in [4.78, 5) is 2.39. The second-order valence-corrected chi connectivity index (χ2v) is 13.3. The normalized spacial score (nSPS) is 11.5. The Balaban J connectivity index is 1.21. The van der Waals surface area contributed by atoms with Crippen molar-refractivity contribution in [3.05, 3.63) is 200 Å². The number of para-hydroxylation sites is 2. The Morgan fingerprint density at radius 3 is 1.63 bits per heavy atom. The first kappa shape index (κ1) is 30.0. The number of rotatable bonds is 6. The molecule has 0 bridgehead atoms. The van der Waals surface area contributed by atoms with E-state index in [1.807, 2.05) is 12.1 Å². The molecule has 10 rings (SSSR count). The largest absolute Gasteiger partial charge is 0.456 e. The third-order valence-corrected chi connectivity index (χ3v) is 10.3. The van der Waals surface area contributed by atoms with Crippen molar-refractivity contribution in [2.45, 2.75) is 0 Å². The van der Waals surface area contributed by atoms with Gasteiger partial charge in [0.15, 0.2) is 0 Å². The van der Waals surface area contributed by atoms with Gasteiger partial charge in [-0.25, -0.2) is 0 Å². The van der Waals surface area contributed by atoms with Gasteiger partial charge in [0.2, 0.25) is 0 Å². The van der Waals surface area contributed by atoms with Crippen molar-refractivity contribution in [2.24, 2.45) is 0 Å². The lowest BCUT2D eigenvalue weighted by Crippen LogP contribution is -2.11. The van der Waals surface area contributed by atoms with Crippen LogP contribution in [-0.4, -0.2) is 0 Å². The van der Waals surface area contributed by atoms with E-state index in [1.54, 1.807) is 0 Å². The fraction of sp³-hybridized carbons (Fsp3) is 0. The first-order chi connectivity index (χ1) is 25.8. The summed E-state index contributed by atoms with van der Waals surface area (Å²) in [6.07, 6.45) is 0. The molecule has 0 fully saturated rings. The highest BCUT2D eigenvalue weighted by Gasteiger charge is 2.21. The third kappa shape index (κ3) is 5.04. The fourth-order valence-corrected chi connectivity index (χ4v) is 7.86. The molecule has 0 atom stereocenters. The van der Waals surface area contributed by atoms with Gasteiger partial charge < -0.3 is 9.32 Å². The lowest BCUT2D eigenvalue weighted by Gasteiger charge is -2.29. The number of hydrogen-bond acceptors (Lipinski definition) is 2. The van der Waals surface area contributed by atoms with Gasteiger partial charge in [0.1, 0.15) is 11.2 Å². The van der Waals surface area contributed by atoms with Crippen molar-refractivity contribution in [1.29, 1.82) is 0 Å². The Labute approximate surface area is 302 Å². The lowest BCUT2D eigenvalue weighted by molar-refractivity contribution is 0.669. The van der Waals surface area contributed by atoms with Crippen molar-refractivity contribution in [2.75, 3.05) is 4.90 Å². The maximum atomic E-state index is 6.45. The molecule has 2 nitrogen and oxygen atoms in total. The van der Waals surface area contributed by atoms with Crippen LogP contribution in [0.5, 0.6) is 0 Å². The second kappa shape index (κ2) is 12.5. The Morgan fingerprint density at radius 2 is 0.827 bits per heavy atom. The van der Waals surface area contributed by atoms with Gasteiger partial charge in [0.25, 0.3) is 0 Å². The van der Waals surface area contributed by atoms with E-state index in [-0.39, 0.29) is 0 Å². The van der Waals surface area contributed by atoms with Crippen LogP contribution in [0.3, 0.4) is 0 Å². The highest BCUT2D eigenvalue weighted by atomic mass is 16.3. The molecule has 0 amide bonds. The van der Waals surface area contributed by atoms with Crippen LogP contribution >= 0.6 is 0 Å². The molecule has 0 saturated carbocycles. The van der Waals surface area contributed by atoms with Gasteiger partial charge >= 0.3 is 0 Å². The van der Waals surface area contributed by atoms with Crippen LogP contribution in [0.15, 0.2) is 205 Å². The van der Waals surface area contributed by atoms with Crippen LogP contribution in [0.2, 0.25) is 0 Å². The zero-order chi connectivity index (χ0) is 34.4. The molecule has 0 saturated heterocycles. The van der Waals surface area contributed by atoms with Gasteiger partial charge in [-0.3, -0.25) is 0 Å². The van der Waals surface area contributed by atoms with Gasteiger partial charge in [-0.2, -0.15) is 0 Å². The summed E-state index contributed by atoms with van der Waals surface area (Å²) < 4.78 is 6.45. The molecule has 0 unspecified atom stereocenters. The maximum absolute atomic E-state index is 6.45. The fourth-order valence-electron chi connectivity index (χ4n) is 7.86. The number of hydrogen-bond donors (Lipinski definition) is 0. The van der Waals surface area contributed by atoms with Crippen LogP contribution < -0.4 is 4.90 Å². The van der Waals surface area contributed by atoms with Crippen LogP contribution in [0.25, 0.3) is 76.9 Å². The average molecular weight is 664 g/mol. The number of anilines is 3. The number of furan rings is 1. The molecule has 9 aromatic carbocycles. The van der Waals surface area contributed by atoms with Crippen LogP contribution in [0.4, 0.5) is 17.1 Å². The first-order valence-electron chi connectivity index (χ1n) is 17.8. The summed E-state index contributed by atoms with van der Waals surface area (Å²) in [6, 6.07) is 71.8. The SMILES string of the molecule is c1ccc(-c2ccccc2-c2ccccc2-c2ccccc2N(c2ccc3c(ccc4ccccc43)c2)c2ccc3c(c2)oc2ccccc23)cc1. The molecule has 1 heterocycles. The summed E-state index contributed by atoms with van der Waals surface area (Å²) in [6.45, 7) is 0. The Hall–Kier alpha value is -6.90. The van der Waals surface area contributed by atoms with Gasteiger partial charge in [0.05, 0.1) is 5.69 Å². The van der Waals surface area contributed by atoms with E-state index < -0.39 is 0 Å². The van der Waals surface area contributed by atoms with Crippen LogP contribution in [0, 0.1) is 0 Å². The lowest BCUT2D eigenvalue weighted by atomic mass is 9.88. The van der Waals surface area contributed by atoms with E-state index in [4.69, 9.17) is 4.42 Å². The monoisotopic (exact) mass is 663 g/mol. The molecule has 0 spiro atoms. The standard InChI is InChI=1S/C50H33NO/c1-2-14-34(15-3-1)40-18-6-7-19-42(40)43-20-8-9-21-44(43)45-22-10-12-24-48(45)51(38-29-31-47-46-23-11-13-25-49(46)52-50(47)33-38)37-28-30-41-36(32-37)27-26-35-16-4-5-17-39(35)41/h1-33H. The topological polar surface area (TPSA) is 16.4 Å². The van der Waals surface area contributed by atoms with Crippen molar-refractivity contribution in [1.82, 2.24) is 0 Å². The Morgan fingerprint density at radius 1 is 0.308 bits per heavy atom. The third-order valence-electron chi connectivity index (χ3n) is 10.3. The minimum absolute atomic E-state index is 0.866. The number of benzene rings is 9. The van der Waals surface area contributed by atoms with E-state index in [0.29, 0.717) is 0 Å². The van der Waals surface area contributed by atoms with Crippen molar-refractivity contribution in [3.63, 3.8) is 0 Å². The quantitative estimate of drug-likeness (QED) is 0.165. The van der Waals surface area contributed by atoms with Crippen molar-refractivity contribution in [3.8, 4) is 33.4 Å². The molecule has 0 radical (unpaired) electrons. The highest BCUT2D eigenvalue weighted by molar-refractivity contribution is 6.10. The van der Waals surface area contributed by atoms with Gasteiger partial charge in [0, 0.05) is 33.8 Å².